The number of benzene rings is 3. The zero-order chi connectivity index (χ0) is 23.1. The zero-order valence-corrected chi connectivity index (χ0v) is 17.7. The summed E-state index contributed by atoms with van der Waals surface area (Å²) < 4.78 is 45.0. The Balaban J connectivity index is 1.99. The van der Waals surface area contributed by atoms with Crippen molar-refractivity contribution in [3.63, 3.8) is 0 Å². The highest BCUT2D eigenvalue weighted by molar-refractivity contribution is 6.09. The molecule has 32 heavy (non-hydrogen) atoms. The Morgan fingerprint density at radius 2 is 1.62 bits per heavy atom. The van der Waals surface area contributed by atoms with E-state index in [9.17, 15) is 18.4 Å². The van der Waals surface area contributed by atoms with Crippen molar-refractivity contribution in [1.82, 2.24) is 0 Å². The molecule has 0 N–H and O–H groups in total. The second-order valence-corrected chi connectivity index (χ2v) is 6.87. The van der Waals surface area contributed by atoms with Crippen molar-refractivity contribution in [3.8, 4) is 11.5 Å². The Kier molecular flexibility index (Phi) is 7.54. The number of ketones is 1. The van der Waals surface area contributed by atoms with E-state index in [-0.39, 0.29) is 47.8 Å². The first-order valence-corrected chi connectivity index (χ1v) is 9.96. The average Bonchev–Trinajstić information content (AvgIpc) is 2.79. The van der Waals surface area contributed by atoms with Crippen molar-refractivity contribution in [1.29, 1.82) is 0 Å². The van der Waals surface area contributed by atoms with Crippen LogP contribution in [0.1, 0.15) is 34.0 Å². The first kappa shape index (κ1) is 22.9. The molecule has 0 aliphatic rings. The van der Waals surface area contributed by atoms with Crippen LogP contribution in [0.4, 0.5) is 8.78 Å². The normalized spacial score (nSPS) is 10.5. The maximum absolute atomic E-state index is 14.9. The van der Waals surface area contributed by atoms with Crippen molar-refractivity contribution in [2.24, 2.45) is 0 Å². The Bertz CT molecular complexity index is 1110. The van der Waals surface area contributed by atoms with Gasteiger partial charge in [0.2, 0.25) is 0 Å². The molecule has 5 nitrogen and oxygen atoms in total. The Morgan fingerprint density at radius 1 is 0.906 bits per heavy atom. The van der Waals surface area contributed by atoms with Gasteiger partial charge in [-0.15, -0.1) is 0 Å². The Morgan fingerprint density at radius 3 is 2.31 bits per heavy atom. The molecule has 3 aromatic rings. The first-order valence-electron chi connectivity index (χ1n) is 9.96. The van der Waals surface area contributed by atoms with Crippen LogP contribution in [0, 0.1) is 11.6 Å². The van der Waals surface area contributed by atoms with E-state index in [4.69, 9.17) is 14.2 Å². The number of carbonyl (C=O) groups excluding carboxylic acids is 2. The summed E-state index contributed by atoms with van der Waals surface area (Å²) in [5.41, 5.74) is 0.341. The van der Waals surface area contributed by atoms with Crippen LogP contribution in [0.2, 0.25) is 0 Å². The van der Waals surface area contributed by atoms with Crippen molar-refractivity contribution < 1.29 is 32.6 Å². The molecular formula is C25H22F2O5. The van der Waals surface area contributed by atoms with Gasteiger partial charge in [-0.25, -0.2) is 8.78 Å². The van der Waals surface area contributed by atoms with Crippen LogP contribution in [0.5, 0.6) is 11.5 Å². The summed E-state index contributed by atoms with van der Waals surface area (Å²) in [6, 6.07) is 15.1. The van der Waals surface area contributed by atoms with Gasteiger partial charge in [-0.3, -0.25) is 9.59 Å². The molecular weight excluding hydrogens is 418 g/mol. The van der Waals surface area contributed by atoms with Gasteiger partial charge < -0.3 is 14.2 Å². The number of ether oxygens (including phenoxy) is 3. The van der Waals surface area contributed by atoms with Gasteiger partial charge >= 0.3 is 5.97 Å². The topological polar surface area (TPSA) is 61.8 Å². The predicted molar refractivity (Wildman–Crippen MR) is 114 cm³/mol. The minimum absolute atomic E-state index is 0.128. The van der Waals surface area contributed by atoms with Gasteiger partial charge in [0.1, 0.15) is 29.7 Å². The molecule has 7 heteroatoms. The number of hydrogen-bond acceptors (Lipinski definition) is 5. The van der Waals surface area contributed by atoms with Crippen molar-refractivity contribution in [2.75, 3.05) is 13.7 Å². The fraction of sp³-hybridized carbons (Fsp3) is 0.200. The van der Waals surface area contributed by atoms with Gasteiger partial charge in [0.05, 0.1) is 31.3 Å². The molecule has 166 valence electrons. The van der Waals surface area contributed by atoms with Crippen LogP contribution in [0.25, 0.3) is 0 Å². The molecule has 0 spiro atoms. The highest BCUT2D eigenvalue weighted by Gasteiger charge is 2.22. The molecule has 0 aromatic heterocycles. The molecule has 3 rings (SSSR count). The highest BCUT2D eigenvalue weighted by Crippen LogP contribution is 2.28. The van der Waals surface area contributed by atoms with E-state index in [1.165, 1.54) is 25.3 Å². The van der Waals surface area contributed by atoms with E-state index in [1.54, 1.807) is 6.92 Å². The third-order valence-corrected chi connectivity index (χ3v) is 4.69. The van der Waals surface area contributed by atoms with Gasteiger partial charge in [-0.05, 0) is 42.8 Å². The van der Waals surface area contributed by atoms with E-state index < -0.39 is 23.4 Å². The summed E-state index contributed by atoms with van der Waals surface area (Å²) >= 11 is 0. The van der Waals surface area contributed by atoms with Crippen LogP contribution >= 0.6 is 0 Å². The number of hydrogen-bond donors (Lipinski definition) is 0. The molecule has 0 atom stereocenters. The average molecular weight is 440 g/mol. The van der Waals surface area contributed by atoms with Gasteiger partial charge in [0, 0.05) is 5.56 Å². The molecule has 0 radical (unpaired) electrons. The lowest BCUT2D eigenvalue weighted by Gasteiger charge is -2.14. The molecule has 0 unspecified atom stereocenters. The largest absolute Gasteiger partial charge is 0.497 e. The highest BCUT2D eigenvalue weighted by atomic mass is 19.1. The number of methoxy groups -OCH3 is 1. The molecule has 0 amide bonds. The monoisotopic (exact) mass is 440 g/mol. The standard InChI is InChI=1S/C25H22F2O5/c1-3-31-24(28)12-17-11-22(27)20(14-23(17)32-15-16-7-5-4-6-8-16)25(29)19-13-18(30-2)9-10-21(19)26/h4-11,13-14H,3,12,15H2,1-2H3. The molecule has 0 saturated heterocycles. The van der Waals surface area contributed by atoms with Crippen LogP contribution < -0.4 is 9.47 Å². The van der Waals surface area contributed by atoms with E-state index in [2.05, 4.69) is 0 Å². The van der Waals surface area contributed by atoms with Crippen molar-refractivity contribution >= 4 is 11.8 Å². The second-order valence-electron chi connectivity index (χ2n) is 6.87. The predicted octanol–water partition coefficient (Wildman–Crippen LogP) is 4.89. The summed E-state index contributed by atoms with van der Waals surface area (Å²) in [5, 5.41) is 0. The fourth-order valence-corrected chi connectivity index (χ4v) is 3.09. The SMILES string of the molecule is CCOC(=O)Cc1cc(F)c(C(=O)c2cc(OC)ccc2F)cc1OCc1ccccc1. The molecule has 0 heterocycles. The maximum Gasteiger partial charge on any atom is 0.310 e. The van der Waals surface area contributed by atoms with E-state index in [0.717, 1.165) is 17.7 Å². The van der Waals surface area contributed by atoms with E-state index in [0.29, 0.717) is 0 Å². The molecule has 0 aliphatic carbocycles. The number of halogens is 2. The number of rotatable bonds is 9. The summed E-state index contributed by atoms with van der Waals surface area (Å²) in [6.45, 7) is 1.96. The summed E-state index contributed by atoms with van der Waals surface area (Å²) in [5.74, 6) is -2.74. The summed E-state index contributed by atoms with van der Waals surface area (Å²) in [7, 11) is 1.38. The fourth-order valence-electron chi connectivity index (χ4n) is 3.09. The smallest absolute Gasteiger partial charge is 0.310 e. The quantitative estimate of drug-likeness (QED) is 0.350. The lowest BCUT2D eigenvalue weighted by Crippen LogP contribution is -2.12. The van der Waals surface area contributed by atoms with Gasteiger partial charge in [-0.2, -0.15) is 0 Å². The Labute approximate surface area is 184 Å². The number of carbonyl (C=O) groups is 2. The van der Waals surface area contributed by atoms with E-state index >= 15 is 0 Å². The number of esters is 1. The lowest BCUT2D eigenvalue weighted by molar-refractivity contribution is -0.142. The summed E-state index contributed by atoms with van der Waals surface area (Å²) in [4.78, 5) is 24.9. The third-order valence-electron chi connectivity index (χ3n) is 4.69. The van der Waals surface area contributed by atoms with Crippen molar-refractivity contribution in [2.45, 2.75) is 20.0 Å². The molecule has 0 fully saturated rings. The minimum atomic E-state index is -0.899. The maximum atomic E-state index is 14.9. The van der Waals surface area contributed by atoms with Crippen LogP contribution in [-0.4, -0.2) is 25.5 Å². The summed E-state index contributed by atoms with van der Waals surface area (Å²) in [6.07, 6.45) is -0.239. The van der Waals surface area contributed by atoms with Gasteiger partial charge in [0.25, 0.3) is 0 Å². The molecule has 0 aliphatic heterocycles. The zero-order valence-electron chi connectivity index (χ0n) is 17.7. The van der Waals surface area contributed by atoms with Gasteiger partial charge in [-0.1, -0.05) is 30.3 Å². The van der Waals surface area contributed by atoms with E-state index in [1.807, 2.05) is 30.3 Å². The minimum Gasteiger partial charge on any atom is -0.497 e. The Hall–Kier alpha value is -3.74. The van der Waals surface area contributed by atoms with Crippen LogP contribution in [-0.2, 0) is 22.6 Å². The lowest BCUT2D eigenvalue weighted by atomic mass is 9.99. The van der Waals surface area contributed by atoms with Gasteiger partial charge in [0.15, 0.2) is 5.78 Å². The third kappa shape index (κ3) is 5.49. The van der Waals surface area contributed by atoms with Crippen molar-refractivity contribution in [3.05, 3.63) is 94.6 Å². The molecule has 0 bridgehead atoms. The second kappa shape index (κ2) is 10.5. The first-order chi connectivity index (χ1) is 15.4. The molecule has 0 saturated carbocycles. The van der Waals surface area contributed by atoms with Crippen LogP contribution in [0.3, 0.4) is 0 Å². The molecule has 3 aromatic carbocycles. The van der Waals surface area contributed by atoms with Crippen LogP contribution in [0.15, 0.2) is 60.7 Å².